The van der Waals surface area contributed by atoms with Crippen molar-refractivity contribution < 1.29 is 21.6 Å². The van der Waals surface area contributed by atoms with E-state index in [-0.39, 0.29) is 10.7 Å². The molecule has 0 fully saturated rings. The standard InChI is InChI=1S/C27H26F3N5O2S/c1-17-7-9-19(10-8-17)25(15-31)35(32)24-14-21(20-5-4-6-22(13-20)38(3,36)37)11-12-23(24)34-16-26(27(28,29)30)33-18(34)2/h4-16H,31-32H2,1-3H3/b25-15-. The van der Waals surface area contributed by atoms with Gasteiger partial charge in [-0.2, -0.15) is 13.2 Å². The average molecular weight is 542 g/mol. The molecule has 0 amide bonds. The summed E-state index contributed by atoms with van der Waals surface area (Å²) in [6.45, 7) is 3.39. The molecule has 0 saturated heterocycles. The van der Waals surface area contributed by atoms with E-state index in [9.17, 15) is 21.6 Å². The summed E-state index contributed by atoms with van der Waals surface area (Å²) in [7, 11) is -3.46. The molecule has 11 heteroatoms. The minimum Gasteiger partial charge on any atom is -0.403 e. The van der Waals surface area contributed by atoms with Gasteiger partial charge in [0.05, 0.1) is 22.0 Å². The van der Waals surface area contributed by atoms with Crippen LogP contribution in [0.1, 0.15) is 22.6 Å². The Balaban J connectivity index is 1.93. The first-order chi connectivity index (χ1) is 17.8. The van der Waals surface area contributed by atoms with Gasteiger partial charge in [0.1, 0.15) is 5.82 Å². The van der Waals surface area contributed by atoms with Gasteiger partial charge in [0.15, 0.2) is 15.5 Å². The van der Waals surface area contributed by atoms with Crippen molar-refractivity contribution in [3.8, 4) is 16.8 Å². The maximum absolute atomic E-state index is 13.4. The van der Waals surface area contributed by atoms with Gasteiger partial charge in [-0.1, -0.05) is 48.0 Å². The summed E-state index contributed by atoms with van der Waals surface area (Å²) in [6, 6.07) is 18.8. The summed E-state index contributed by atoms with van der Waals surface area (Å²) < 4.78 is 65.8. The molecule has 38 heavy (non-hydrogen) atoms. The van der Waals surface area contributed by atoms with E-state index in [4.69, 9.17) is 11.6 Å². The molecule has 0 aliphatic rings. The third-order valence-electron chi connectivity index (χ3n) is 6.03. The first kappa shape index (κ1) is 27.0. The van der Waals surface area contributed by atoms with Crippen LogP contribution in [-0.2, 0) is 16.0 Å². The molecule has 7 nitrogen and oxygen atoms in total. The fraction of sp³-hybridized carbons (Fsp3) is 0.148. The molecule has 0 aliphatic carbocycles. The number of aryl methyl sites for hydroxylation is 2. The van der Waals surface area contributed by atoms with Crippen molar-refractivity contribution >= 4 is 21.2 Å². The van der Waals surface area contributed by atoms with E-state index < -0.39 is 21.7 Å². The summed E-state index contributed by atoms with van der Waals surface area (Å²) in [6.07, 6.45) is -1.30. The molecule has 198 valence electrons. The molecule has 0 bridgehead atoms. The average Bonchev–Trinajstić information content (AvgIpc) is 3.27. The van der Waals surface area contributed by atoms with Gasteiger partial charge in [0, 0.05) is 24.2 Å². The minimum atomic E-state index is -4.63. The first-order valence-corrected chi connectivity index (χ1v) is 13.3. The second-order valence-corrected chi connectivity index (χ2v) is 10.8. The van der Waals surface area contributed by atoms with Crippen LogP contribution in [0.2, 0.25) is 0 Å². The minimum absolute atomic E-state index is 0.104. The second kappa shape index (κ2) is 9.99. The predicted octanol–water partition coefficient (Wildman–Crippen LogP) is 5.22. The predicted molar refractivity (Wildman–Crippen MR) is 142 cm³/mol. The van der Waals surface area contributed by atoms with Crippen LogP contribution in [0.4, 0.5) is 18.9 Å². The number of sulfone groups is 1. The van der Waals surface area contributed by atoms with E-state index in [0.29, 0.717) is 33.8 Å². The highest BCUT2D eigenvalue weighted by Crippen LogP contribution is 2.36. The third kappa shape index (κ3) is 5.43. The maximum Gasteiger partial charge on any atom is 0.434 e. The van der Waals surface area contributed by atoms with Gasteiger partial charge in [0.2, 0.25) is 0 Å². The Labute approximate surface area is 218 Å². The van der Waals surface area contributed by atoms with E-state index in [0.717, 1.165) is 18.0 Å². The van der Waals surface area contributed by atoms with Crippen molar-refractivity contribution in [1.29, 1.82) is 0 Å². The van der Waals surface area contributed by atoms with Crippen LogP contribution >= 0.6 is 0 Å². The van der Waals surface area contributed by atoms with Crippen molar-refractivity contribution in [1.82, 2.24) is 9.55 Å². The molecule has 4 rings (SSSR count). The van der Waals surface area contributed by atoms with Gasteiger partial charge in [-0.25, -0.2) is 19.2 Å². The van der Waals surface area contributed by atoms with Crippen LogP contribution in [0.5, 0.6) is 0 Å². The molecule has 4 aromatic rings. The number of halogens is 3. The van der Waals surface area contributed by atoms with Crippen LogP contribution in [0.3, 0.4) is 0 Å². The van der Waals surface area contributed by atoms with E-state index in [1.54, 1.807) is 30.3 Å². The normalized spacial score (nSPS) is 12.6. The Hall–Kier alpha value is -4.09. The Bertz CT molecular complexity index is 1630. The lowest BCUT2D eigenvalue weighted by atomic mass is 10.0. The van der Waals surface area contributed by atoms with Crippen LogP contribution in [0, 0.1) is 13.8 Å². The third-order valence-corrected chi connectivity index (χ3v) is 7.14. The highest BCUT2D eigenvalue weighted by atomic mass is 32.2. The van der Waals surface area contributed by atoms with Gasteiger partial charge in [-0.05, 0) is 49.2 Å². The van der Waals surface area contributed by atoms with Crippen molar-refractivity contribution in [2.75, 3.05) is 11.3 Å². The number of anilines is 1. The summed E-state index contributed by atoms with van der Waals surface area (Å²) in [5.41, 5.74) is 8.86. The molecule has 0 saturated carbocycles. The highest BCUT2D eigenvalue weighted by molar-refractivity contribution is 7.90. The SMILES string of the molecule is Cc1ccc(/C(=C/N)N(N)c2cc(-c3cccc(S(C)(=O)=O)c3)ccc2-n2cc(C(F)(F)F)nc2C)cc1. The molecule has 1 aromatic heterocycles. The van der Waals surface area contributed by atoms with E-state index in [2.05, 4.69) is 4.98 Å². The Morgan fingerprint density at radius 3 is 2.24 bits per heavy atom. The maximum atomic E-state index is 13.4. The number of hydrogen-bond acceptors (Lipinski definition) is 6. The molecular weight excluding hydrogens is 515 g/mol. The summed E-state index contributed by atoms with van der Waals surface area (Å²) in [4.78, 5) is 3.82. The number of hydrogen-bond donors (Lipinski definition) is 2. The zero-order valence-electron chi connectivity index (χ0n) is 20.9. The number of imidazole rings is 1. The van der Waals surface area contributed by atoms with Crippen molar-refractivity contribution in [3.63, 3.8) is 0 Å². The Morgan fingerprint density at radius 1 is 1.00 bits per heavy atom. The lowest BCUT2D eigenvalue weighted by molar-refractivity contribution is -0.141. The number of rotatable bonds is 6. The number of alkyl halides is 3. The highest BCUT2D eigenvalue weighted by Gasteiger charge is 2.35. The van der Waals surface area contributed by atoms with Gasteiger partial charge >= 0.3 is 6.18 Å². The number of aromatic nitrogens is 2. The fourth-order valence-electron chi connectivity index (χ4n) is 4.03. The topological polar surface area (TPSA) is 107 Å². The van der Waals surface area contributed by atoms with Crippen molar-refractivity contribution in [2.45, 2.75) is 24.9 Å². The monoisotopic (exact) mass is 541 g/mol. The number of benzene rings is 3. The lowest BCUT2D eigenvalue weighted by Crippen LogP contribution is -2.31. The molecule has 4 N–H and O–H groups in total. The van der Waals surface area contributed by atoms with Crippen LogP contribution in [0.15, 0.2) is 84.0 Å². The molecule has 0 unspecified atom stereocenters. The quantitative estimate of drug-likeness (QED) is 0.256. The molecule has 0 atom stereocenters. The lowest BCUT2D eigenvalue weighted by Gasteiger charge is -2.26. The zero-order chi connectivity index (χ0) is 27.8. The molecule has 1 heterocycles. The zero-order valence-corrected chi connectivity index (χ0v) is 21.7. The van der Waals surface area contributed by atoms with E-state index in [1.165, 1.54) is 34.8 Å². The second-order valence-electron chi connectivity index (χ2n) is 8.83. The molecular formula is C27H26F3N5O2S. The largest absolute Gasteiger partial charge is 0.434 e. The fourth-order valence-corrected chi connectivity index (χ4v) is 4.70. The molecule has 0 spiro atoms. The van der Waals surface area contributed by atoms with Crippen LogP contribution < -0.4 is 16.6 Å². The van der Waals surface area contributed by atoms with Gasteiger partial charge in [-0.15, -0.1) is 0 Å². The molecule has 0 radical (unpaired) electrons. The summed E-state index contributed by atoms with van der Waals surface area (Å²) in [5.74, 6) is 6.68. The van der Waals surface area contributed by atoms with Gasteiger partial charge in [-0.3, -0.25) is 5.01 Å². The van der Waals surface area contributed by atoms with Crippen molar-refractivity contribution in [2.24, 2.45) is 11.6 Å². The van der Waals surface area contributed by atoms with Crippen LogP contribution in [0.25, 0.3) is 22.5 Å². The number of hydrazine groups is 1. The van der Waals surface area contributed by atoms with E-state index in [1.807, 2.05) is 31.2 Å². The van der Waals surface area contributed by atoms with Crippen LogP contribution in [-0.4, -0.2) is 24.2 Å². The van der Waals surface area contributed by atoms with E-state index >= 15 is 0 Å². The molecule has 0 aliphatic heterocycles. The summed E-state index contributed by atoms with van der Waals surface area (Å²) >= 11 is 0. The van der Waals surface area contributed by atoms with Gasteiger partial charge < -0.3 is 10.3 Å². The Morgan fingerprint density at radius 2 is 1.66 bits per heavy atom. The number of nitrogens with two attached hydrogens (primary N) is 2. The smallest absolute Gasteiger partial charge is 0.403 e. The Kier molecular flexibility index (Phi) is 7.09. The van der Waals surface area contributed by atoms with Crippen molar-refractivity contribution in [3.05, 3.63) is 102 Å². The van der Waals surface area contributed by atoms with Gasteiger partial charge in [0.25, 0.3) is 0 Å². The summed E-state index contributed by atoms with van der Waals surface area (Å²) in [5, 5.41) is 1.29. The molecule has 3 aromatic carbocycles. The number of nitrogens with zero attached hydrogens (tertiary/aromatic N) is 3. The first-order valence-electron chi connectivity index (χ1n) is 11.4.